The molecule has 0 atom stereocenters. The number of halogens is 1. The number of methoxy groups -OCH3 is 2. The molecule has 0 saturated carbocycles. The van der Waals surface area contributed by atoms with Gasteiger partial charge < -0.3 is 19.7 Å². The van der Waals surface area contributed by atoms with Gasteiger partial charge in [-0.2, -0.15) is 4.98 Å². The third-order valence-electron chi connectivity index (χ3n) is 7.55. The summed E-state index contributed by atoms with van der Waals surface area (Å²) < 4.78 is 12.8. The van der Waals surface area contributed by atoms with E-state index in [2.05, 4.69) is 56.6 Å². The zero-order valence-corrected chi connectivity index (χ0v) is 22.9. The van der Waals surface area contributed by atoms with Gasteiger partial charge >= 0.3 is 0 Å². The molecule has 39 heavy (non-hydrogen) atoms. The third-order valence-corrected chi connectivity index (χ3v) is 7.94. The molecule has 1 saturated heterocycles. The molecule has 0 bridgehead atoms. The van der Waals surface area contributed by atoms with E-state index >= 15 is 0 Å². The Labute approximate surface area is 231 Å². The van der Waals surface area contributed by atoms with Crippen LogP contribution in [-0.2, 0) is 0 Å². The standard InChI is InChI=1S/C29H30ClN7O2/c1-4-18-9-11-36(12-10-18)21-7-5-20(6-8-21)33-29-31-16-19-13-24(28-35-32-17-37(28)27(19)34-29)23-14-22(38-2)15-25(39-3)26(23)30/h5-8,13-18H,4,9-12H2,1-3H3,(H,31,33,34). The Morgan fingerprint density at radius 1 is 1.00 bits per heavy atom. The van der Waals surface area contributed by atoms with Crippen molar-refractivity contribution in [3.05, 3.63) is 60.0 Å². The molecule has 6 rings (SSSR count). The number of rotatable bonds is 7. The van der Waals surface area contributed by atoms with Crippen LogP contribution in [0, 0.1) is 5.92 Å². The molecule has 0 radical (unpaired) electrons. The Hall–Kier alpha value is -4.11. The SMILES string of the molecule is CCC1CCN(c2ccc(Nc3ncc4cc(-c5cc(OC)cc(OC)c5Cl)c5nncn5c4n3)cc2)CC1. The van der Waals surface area contributed by atoms with Crippen molar-refractivity contribution in [3.63, 3.8) is 0 Å². The number of anilines is 3. The number of fused-ring (bicyclic) bond motifs is 3. The fourth-order valence-electron chi connectivity index (χ4n) is 5.25. The van der Waals surface area contributed by atoms with Gasteiger partial charge in [-0.1, -0.05) is 24.9 Å². The summed E-state index contributed by atoms with van der Waals surface area (Å²) in [7, 11) is 3.17. The normalized spacial score (nSPS) is 14.2. The van der Waals surface area contributed by atoms with E-state index in [-0.39, 0.29) is 0 Å². The smallest absolute Gasteiger partial charge is 0.229 e. The Morgan fingerprint density at radius 3 is 2.51 bits per heavy atom. The van der Waals surface area contributed by atoms with Crippen molar-refractivity contribution in [2.75, 3.05) is 37.5 Å². The van der Waals surface area contributed by atoms with Crippen LogP contribution >= 0.6 is 11.6 Å². The number of hydrogen-bond donors (Lipinski definition) is 1. The van der Waals surface area contributed by atoms with Gasteiger partial charge in [0.2, 0.25) is 5.95 Å². The largest absolute Gasteiger partial charge is 0.497 e. The predicted molar refractivity (Wildman–Crippen MR) is 155 cm³/mol. The summed E-state index contributed by atoms with van der Waals surface area (Å²) in [6, 6.07) is 14.0. The summed E-state index contributed by atoms with van der Waals surface area (Å²) in [6.07, 6.45) is 7.22. The van der Waals surface area contributed by atoms with Crippen molar-refractivity contribution in [1.29, 1.82) is 0 Å². The average molecular weight is 544 g/mol. The molecule has 2 aromatic carbocycles. The Bertz CT molecular complexity index is 1630. The molecule has 200 valence electrons. The number of pyridine rings is 1. The molecule has 5 aromatic rings. The summed E-state index contributed by atoms with van der Waals surface area (Å²) in [5.74, 6) is 2.48. The molecule has 0 amide bonds. The molecule has 1 fully saturated rings. The van der Waals surface area contributed by atoms with Crippen LogP contribution in [0.3, 0.4) is 0 Å². The Kier molecular flexibility index (Phi) is 6.83. The summed E-state index contributed by atoms with van der Waals surface area (Å²) in [4.78, 5) is 11.8. The first-order chi connectivity index (χ1) is 19.1. The van der Waals surface area contributed by atoms with E-state index < -0.39 is 0 Å². The van der Waals surface area contributed by atoms with Gasteiger partial charge in [0.15, 0.2) is 11.3 Å². The van der Waals surface area contributed by atoms with Crippen molar-refractivity contribution in [3.8, 4) is 22.6 Å². The van der Waals surface area contributed by atoms with Crippen molar-refractivity contribution in [1.82, 2.24) is 24.6 Å². The second kappa shape index (κ2) is 10.6. The maximum Gasteiger partial charge on any atom is 0.229 e. The fraction of sp³-hybridized carbons (Fsp3) is 0.310. The number of piperidine rings is 1. The van der Waals surface area contributed by atoms with E-state index in [1.165, 1.54) is 24.9 Å². The number of nitrogens with zero attached hydrogens (tertiary/aromatic N) is 6. The topological polar surface area (TPSA) is 89.7 Å². The highest BCUT2D eigenvalue weighted by atomic mass is 35.5. The molecule has 0 spiro atoms. The van der Waals surface area contributed by atoms with E-state index in [9.17, 15) is 0 Å². The van der Waals surface area contributed by atoms with E-state index in [0.29, 0.717) is 39.3 Å². The molecule has 1 aliphatic rings. The minimum atomic E-state index is 0.458. The minimum absolute atomic E-state index is 0.458. The third kappa shape index (κ3) is 4.78. The zero-order valence-electron chi connectivity index (χ0n) is 22.2. The lowest BCUT2D eigenvalue weighted by atomic mass is 9.94. The number of aromatic nitrogens is 5. The van der Waals surface area contributed by atoms with Crippen LogP contribution in [0.15, 0.2) is 55.0 Å². The van der Waals surface area contributed by atoms with Gasteiger partial charge in [0.1, 0.15) is 17.8 Å². The van der Waals surface area contributed by atoms with Crippen LogP contribution in [0.1, 0.15) is 26.2 Å². The van der Waals surface area contributed by atoms with Gasteiger partial charge in [-0.05, 0) is 55.2 Å². The van der Waals surface area contributed by atoms with E-state index in [4.69, 9.17) is 26.1 Å². The highest BCUT2D eigenvalue weighted by Gasteiger charge is 2.20. The Balaban J connectivity index is 1.31. The lowest BCUT2D eigenvalue weighted by molar-refractivity contribution is 0.395. The van der Waals surface area contributed by atoms with Gasteiger partial charge in [-0.3, -0.25) is 4.40 Å². The molecule has 1 N–H and O–H groups in total. The average Bonchev–Trinajstić information content (AvgIpc) is 3.48. The van der Waals surface area contributed by atoms with Crippen molar-refractivity contribution >= 4 is 45.6 Å². The van der Waals surface area contributed by atoms with E-state index in [1.807, 2.05) is 16.5 Å². The van der Waals surface area contributed by atoms with Gasteiger partial charge in [0, 0.05) is 53.2 Å². The molecule has 4 heterocycles. The molecule has 0 unspecified atom stereocenters. The van der Waals surface area contributed by atoms with Gasteiger partial charge in [-0.15, -0.1) is 10.2 Å². The number of ether oxygens (including phenoxy) is 2. The maximum absolute atomic E-state index is 6.70. The number of benzene rings is 2. The summed E-state index contributed by atoms with van der Waals surface area (Å²) in [5, 5.41) is 13.1. The molecule has 3 aromatic heterocycles. The molecular formula is C29H30ClN7O2. The first-order valence-electron chi connectivity index (χ1n) is 13.1. The first kappa shape index (κ1) is 25.2. The van der Waals surface area contributed by atoms with E-state index in [1.54, 1.807) is 32.8 Å². The molecule has 10 heteroatoms. The summed E-state index contributed by atoms with van der Waals surface area (Å²) >= 11 is 6.70. The highest BCUT2D eigenvalue weighted by molar-refractivity contribution is 6.35. The van der Waals surface area contributed by atoms with Gasteiger partial charge in [0.25, 0.3) is 0 Å². The number of hydrogen-bond acceptors (Lipinski definition) is 8. The zero-order chi connectivity index (χ0) is 26.9. The number of nitrogens with one attached hydrogen (secondary N) is 1. The maximum atomic E-state index is 6.70. The molecule has 1 aliphatic heterocycles. The summed E-state index contributed by atoms with van der Waals surface area (Å²) in [6.45, 7) is 4.52. The van der Waals surface area contributed by atoms with Crippen molar-refractivity contribution < 1.29 is 9.47 Å². The fourth-order valence-corrected chi connectivity index (χ4v) is 5.54. The van der Waals surface area contributed by atoms with Crippen LogP contribution in [-0.4, -0.2) is 51.9 Å². The van der Waals surface area contributed by atoms with E-state index in [0.717, 1.165) is 35.6 Å². The van der Waals surface area contributed by atoms with Crippen molar-refractivity contribution in [2.24, 2.45) is 5.92 Å². The van der Waals surface area contributed by atoms with Gasteiger partial charge in [-0.25, -0.2) is 4.98 Å². The Morgan fingerprint density at radius 2 is 1.79 bits per heavy atom. The van der Waals surface area contributed by atoms with Crippen molar-refractivity contribution in [2.45, 2.75) is 26.2 Å². The van der Waals surface area contributed by atoms with Crippen LogP contribution in [0.5, 0.6) is 11.5 Å². The van der Waals surface area contributed by atoms with Crippen LogP contribution in [0.4, 0.5) is 17.3 Å². The molecular weight excluding hydrogens is 514 g/mol. The quantitative estimate of drug-likeness (QED) is 0.253. The predicted octanol–water partition coefficient (Wildman–Crippen LogP) is 6.38. The molecule has 0 aliphatic carbocycles. The summed E-state index contributed by atoms with van der Waals surface area (Å²) in [5.41, 5.74) is 4.95. The first-order valence-corrected chi connectivity index (χ1v) is 13.5. The van der Waals surface area contributed by atoms with Crippen LogP contribution < -0.4 is 19.7 Å². The lowest BCUT2D eigenvalue weighted by Gasteiger charge is -2.33. The monoisotopic (exact) mass is 543 g/mol. The van der Waals surface area contributed by atoms with Gasteiger partial charge in [0.05, 0.1) is 19.2 Å². The lowest BCUT2D eigenvalue weighted by Crippen LogP contribution is -2.33. The second-order valence-electron chi connectivity index (χ2n) is 9.76. The second-order valence-corrected chi connectivity index (χ2v) is 10.1. The molecule has 9 nitrogen and oxygen atoms in total. The highest BCUT2D eigenvalue weighted by Crippen LogP contribution is 2.41. The van der Waals surface area contributed by atoms with Crippen LogP contribution in [0.2, 0.25) is 5.02 Å². The minimum Gasteiger partial charge on any atom is -0.497 e. The van der Waals surface area contributed by atoms with Crippen LogP contribution in [0.25, 0.3) is 27.8 Å².